The Morgan fingerprint density at radius 3 is 2.62 bits per heavy atom. The predicted molar refractivity (Wildman–Crippen MR) is 56.0 cm³/mol. The van der Waals surface area contributed by atoms with Gasteiger partial charge in [0, 0.05) is 10.0 Å². The van der Waals surface area contributed by atoms with Crippen molar-refractivity contribution in [3.63, 3.8) is 0 Å². The second-order valence-corrected chi connectivity index (χ2v) is 3.38. The molecule has 0 bridgehead atoms. The van der Waals surface area contributed by atoms with Gasteiger partial charge < -0.3 is 10.8 Å². The van der Waals surface area contributed by atoms with E-state index < -0.39 is 12.7 Å². The smallest absolute Gasteiger partial charge is 0.121 e. The van der Waals surface area contributed by atoms with Gasteiger partial charge in [-0.15, -0.1) is 12.4 Å². The van der Waals surface area contributed by atoms with Crippen LogP contribution in [0.5, 0.6) is 5.75 Å². The number of alkyl halides is 1. The highest BCUT2D eigenvalue weighted by atomic mass is 79.9. The Labute approximate surface area is 90.5 Å². The Hall–Kier alpha value is -0.320. The van der Waals surface area contributed by atoms with Crippen LogP contribution in [0.4, 0.5) is 4.39 Å². The van der Waals surface area contributed by atoms with Crippen molar-refractivity contribution in [2.24, 2.45) is 5.73 Å². The maximum atomic E-state index is 12.1. The van der Waals surface area contributed by atoms with Crippen molar-refractivity contribution in [3.05, 3.63) is 28.2 Å². The number of rotatable bonds is 2. The number of hydrogen-bond donors (Lipinski definition) is 2. The molecule has 2 nitrogen and oxygen atoms in total. The zero-order valence-corrected chi connectivity index (χ0v) is 9.11. The predicted octanol–water partition coefficient (Wildman–Crippen LogP) is 2.55. The van der Waals surface area contributed by atoms with Gasteiger partial charge in [0.25, 0.3) is 0 Å². The van der Waals surface area contributed by atoms with Gasteiger partial charge in [0.1, 0.15) is 12.4 Å². The fourth-order valence-corrected chi connectivity index (χ4v) is 1.26. The van der Waals surface area contributed by atoms with Crippen molar-refractivity contribution in [1.29, 1.82) is 0 Å². The van der Waals surface area contributed by atoms with Gasteiger partial charge in [-0.25, -0.2) is 4.39 Å². The van der Waals surface area contributed by atoms with E-state index in [1.54, 1.807) is 12.1 Å². The zero-order valence-electron chi connectivity index (χ0n) is 6.71. The van der Waals surface area contributed by atoms with Gasteiger partial charge in [0.2, 0.25) is 0 Å². The number of hydrogen-bond acceptors (Lipinski definition) is 2. The highest BCUT2D eigenvalue weighted by Crippen LogP contribution is 2.26. The van der Waals surface area contributed by atoms with Crippen LogP contribution in [-0.4, -0.2) is 11.8 Å². The normalized spacial score (nSPS) is 11.9. The molecule has 1 atom stereocenters. The molecule has 13 heavy (non-hydrogen) atoms. The number of aromatic hydroxyl groups is 1. The van der Waals surface area contributed by atoms with Crippen molar-refractivity contribution >= 4 is 28.3 Å². The van der Waals surface area contributed by atoms with Gasteiger partial charge in [0.05, 0.1) is 6.04 Å². The maximum Gasteiger partial charge on any atom is 0.121 e. The Morgan fingerprint density at radius 1 is 1.54 bits per heavy atom. The van der Waals surface area contributed by atoms with Gasteiger partial charge in [-0.1, -0.05) is 22.0 Å². The first-order valence-electron chi connectivity index (χ1n) is 3.45. The van der Waals surface area contributed by atoms with Crippen molar-refractivity contribution in [3.8, 4) is 5.75 Å². The third-order valence-corrected chi connectivity index (χ3v) is 2.05. The summed E-state index contributed by atoms with van der Waals surface area (Å²) in [5.41, 5.74) is 5.83. The molecule has 1 rings (SSSR count). The maximum absolute atomic E-state index is 12.1. The van der Waals surface area contributed by atoms with Crippen LogP contribution >= 0.6 is 28.3 Å². The first-order valence-corrected chi connectivity index (χ1v) is 4.24. The summed E-state index contributed by atoms with van der Waals surface area (Å²) in [6.07, 6.45) is 0. The van der Waals surface area contributed by atoms with Gasteiger partial charge in [-0.3, -0.25) is 0 Å². The molecular weight excluding hydrogens is 260 g/mol. The van der Waals surface area contributed by atoms with E-state index in [-0.39, 0.29) is 18.2 Å². The Balaban J connectivity index is 0.00000144. The molecular formula is C8H10BrClFNO. The number of halogens is 3. The Bertz CT molecular complexity index is 285. The van der Waals surface area contributed by atoms with E-state index in [0.717, 1.165) is 4.47 Å². The third kappa shape index (κ3) is 3.14. The number of nitrogens with two attached hydrogens (primary N) is 1. The molecule has 0 radical (unpaired) electrons. The fraction of sp³-hybridized carbons (Fsp3) is 0.250. The summed E-state index contributed by atoms with van der Waals surface area (Å²) in [5.74, 6) is 0.0227. The molecule has 0 amide bonds. The van der Waals surface area contributed by atoms with E-state index in [1.807, 2.05) is 0 Å². The van der Waals surface area contributed by atoms with Gasteiger partial charge >= 0.3 is 0 Å². The standard InChI is InChI=1S/C8H9BrFNO.ClH/c9-5-1-2-6(7(11)4-10)8(12)3-5;/h1-3,7,12H,4,11H2;1H/t7-;/m1./s1. The highest BCUT2D eigenvalue weighted by molar-refractivity contribution is 9.10. The zero-order chi connectivity index (χ0) is 9.14. The fourth-order valence-electron chi connectivity index (χ4n) is 0.913. The minimum Gasteiger partial charge on any atom is -0.508 e. The number of benzene rings is 1. The van der Waals surface area contributed by atoms with Crippen LogP contribution in [0.3, 0.4) is 0 Å². The lowest BCUT2D eigenvalue weighted by Gasteiger charge is -2.09. The Kier molecular flexibility index (Phi) is 5.29. The lowest BCUT2D eigenvalue weighted by Crippen LogP contribution is -2.12. The summed E-state index contributed by atoms with van der Waals surface area (Å²) in [5, 5.41) is 9.32. The molecule has 0 saturated heterocycles. The summed E-state index contributed by atoms with van der Waals surface area (Å²) in [7, 11) is 0. The molecule has 0 heterocycles. The van der Waals surface area contributed by atoms with Crippen LogP contribution in [0.25, 0.3) is 0 Å². The van der Waals surface area contributed by atoms with Crippen LogP contribution in [-0.2, 0) is 0 Å². The average Bonchev–Trinajstić information content (AvgIpc) is 2.03. The lowest BCUT2D eigenvalue weighted by molar-refractivity contribution is 0.414. The summed E-state index contributed by atoms with van der Waals surface area (Å²) < 4.78 is 12.9. The lowest BCUT2D eigenvalue weighted by atomic mass is 10.1. The van der Waals surface area contributed by atoms with E-state index in [4.69, 9.17) is 5.73 Å². The quantitative estimate of drug-likeness (QED) is 0.867. The SMILES string of the molecule is Cl.N[C@H](CF)c1ccc(Br)cc1O. The van der Waals surface area contributed by atoms with Crippen molar-refractivity contribution < 1.29 is 9.50 Å². The van der Waals surface area contributed by atoms with Crippen LogP contribution in [0, 0.1) is 0 Å². The summed E-state index contributed by atoms with van der Waals surface area (Å²) in [6, 6.07) is 4.07. The molecule has 3 N–H and O–H groups in total. The van der Waals surface area contributed by atoms with E-state index in [1.165, 1.54) is 6.07 Å². The van der Waals surface area contributed by atoms with Gasteiger partial charge in [-0.2, -0.15) is 0 Å². The average molecular weight is 271 g/mol. The minimum atomic E-state index is -0.738. The first-order chi connectivity index (χ1) is 5.65. The first kappa shape index (κ1) is 12.7. The Morgan fingerprint density at radius 2 is 2.15 bits per heavy atom. The van der Waals surface area contributed by atoms with Crippen LogP contribution in [0.15, 0.2) is 22.7 Å². The molecule has 0 saturated carbocycles. The molecule has 0 fully saturated rings. The van der Waals surface area contributed by atoms with Gasteiger partial charge in [-0.05, 0) is 12.1 Å². The molecule has 0 aliphatic heterocycles. The van der Waals surface area contributed by atoms with E-state index in [0.29, 0.717) is 5.56 Å². The second-order valence-electron chi connectivity index (χ2n) is 2.46. The molecule has 0 aromatic heterocycles. The summed E-state index contributed by atoms with van der Waals surface area (Å²) in [6.45, 7) is -0.671. The van der Waals surface area contributed by atoms with Crippen LogP contribution in [0.1, 0.15) is 11.6 Å². The largest absolute Gasteiger partial charge is 0.508 e. The molecule has 0 aliphatic carbocycles. The molecule has 0 spiro atoms. The molecule has 0 aliphatic rings. The minimum absolute atomic E-state index is 0. The number of phenolic OH excluding ortho intramolecular Hbond substituents is 1. The van der Waals surface area contributed by atoms with Crippen molar-refractivity contribution in [2.45, 2.75) is 6.04 Å². The third-order valence-electron chi connectivity index (χ3n) is 1.56. The molecule has 1 aromatic carbocycles. The molecule has 1 aromatic rings. The second kappa shape index (κ2) is 5.42. The number of phenols is 1. The van der Waals surface area contributed by atoms with Gasteiger partial charge in [0.15, 0.2) is 0 Å². The highest BCUT2D eigenvalue weighted by Gasteiger charge is 2.09. The summed E-state index contributed by atoms with van der Waals surface area (Å²) in [4.78, 5) is 0. The molecule has 74 valence electrons. The molecule has 0 unspecified atom stereocenters. The van der Waals surface area contributed by atoms with E-state index >= 15 is 0 Å². The van der Waals surface area contributed by atoms with Crippen LogP contribution in [0.2, 0.25) is 0 Å². The van der Waals surface area contributed by atoms with E-state index in [9.17, 15) is 9.50 Å². The van der Waals surface area contributed by atoms with Crippen molar-refractivity contribution in [2.75, 3.05) is 6.67 Å². The van der Waals surface area contributed by atoms with Crippen molar-refractivity contribution in [1.82, 2.24) is 0 Å². The molecule has 5 heteroatoms. The monoisotopic (exact) mass is 269 g/mol. The van der Waals surface area contributed by atoms with Crippen LogP contribution < -0.4 is 5.73 Å². The van der Waals surface area contributed by atoms with E-state index in [2.05, 4.69) is 15.9 Å². The topological polar surface area (TPSA) is 46.2 Å². The summed E-state index contributed by atoms with van der Waals surface area (Å²) >= 11 is 3.17.